The standard InChI is InChI=1S/C18H21N5O2S/c1-14-13-23(21-20-14)8-3-2-7-22-9-6-15(11-18(22)25)19-17(24)12-16-5-4-10-26-16/h4-6,9-11,13H,2-3,7-8,12H2,1H3,(H,19,24). The zero-order valence-corrected chi connectivity index (χ0v) is 15.4. The Morgan fingerprint density at radius 2 is 2.12 bits per heavy atom. The number of nitrogens with one attached hydrogen (secondary N) is 1. The first-order chi connectivity index (χ1) is 12.6. The van der Waals surface area contributed by atoms with Gasteiger partial charge in [0.2, 0.25) is 5.91 Å². The van der Waals surface area contributed by atoms with Gasteiger partial charge in [-0.3, -0.25) is 14.3 Å². The molecule has 0 spiro atoms. The quantitative estimate of drug-likeness (QED) is 0.617. The Kier molecular flexibility index (Phi) is 5.96. The highest BCUT2D eigenvalue weighted by Crippen LogP contribution is 2.11. The number of aromatic nitrogens is 4. The molecule has 3 heterocycles. The zero-order valence-electron chi connectivity index (χ0n) is 14.6. The van der Waals surface area contributed by atoms with Crippen LogP contribution in [0.2, 0.25) is 0 Å². The molecule has 0 unspecified atom stereocenters. The van der Waals surface area contributed by atoms with Crippen molar-refractivity contribution in [3.8, 4) is 0 Å². The van der Waals surface area contributed by atoms with Crippen LogP contribution in [0, 0.1) is 6.92 Å². The van der Waals surface area contributed by atoms with Crippen molar-refractivity contribution in [1.29, 1.82) is 0 Å². The number of pyridine rings is 1. The number of aryl methyl sites for hydroxylation is 3. The SMILES string of the molecule is Cc1cn(CCCCn2ccc(NC(=O)Cc3cccs3)cc2=O)nn1. The van der Waals surface area contributed by atoms with Gasteiger partial charge in [0.15, 0.2) is 0 Å². The van der Waals surface area contributed by atoms with E-state index in [4.69, 9.17) is 0 Å². The normalized spacial score (nSPS) is 10.8. The molecule has 0 aliphatic rings. The molecular weight excluding hydrogens is 350 g/mol. The molecule has 3 aromatic heterocycles. The summed E-state index contributed by atoms with van der Waals surface area (Å²) in [5.41, 5.74) is 1.32. The Balaban J connectivity index is 1.47. The van der Waals surface area contributed by atoms with Crippen molar-refractivity contribution in [3.63, 3.8) is 0 Å². The van der Waals surface area contributed by atoms with Crippen LogP contribution in [0.25, 0.3) is 0 Å². The summed E-state index contributed by atoms with van der Waals surface area (Å²) in [5, 5.41) is 12.7. The Labute approximate surface area is 155 Å². The zero-order chi connectivity index (χ0) is 18.4. The van der Waals surface area contributed by atoms with Crippen LogP contribution in [-0.4, -0.2) is 25.5 Å². The number of nitrogens with zero attached hydrogens (tertiary/aromatic N) is 4. The van der Waals surface area contributed by atoms with Gasteiger partial charge in [-0.15, -0.1) is 16.4 Å². The van der Waals surface area contributed by atoms with E-state index in [0.29, 0.717) is 18.7 Å². The highest BCUT2D eigenvalue weighted by molar-refractivity contribution is 7.10. The maximum Gasteiger partial charge on any atom is 0.252 e. The number of carbonyl (C=O) groups is 1. The molecule has 0 bridgehead atoms. The lowest BCUT2D eigenvalue weighted by Gasteiger charge is -2.08. The first-order valence-corrected chi connectivity index (χ1v) is 9.37. The average molecular weight is 371 g/mol. The molecule has 3 rings (SSSR count). The summed E-state index contributed by atoms with van der Waals surface area (Å²) in [7, 11) is 0. The summed E-state index contributed by atoms with van der Waals surface area (Å²) in [5.74, 6) is -0.118. The monoisotopic (exact) mass is 371 g/mol. The highest BCUT2D eigenvalue weighted by atomic mass is 32.1. The lowest BCUT2D eigenvalue weighted by atomic mass is 10.3. The lowest BCUT2D eigenvalue weighted by Crippen LogP contribution is -2.21. The van der Waals surface area contributed by atoms with Gasteiger partial charge >= 0.3 is 0 Å². The van der Waals surface area contributed by atoms with Gasteiger partial charge in [0, 0.05) is 42.1 Å². The van der Waals surface area contributed by atoms with E-state index in [1.54, 1.807) is 28.2 Å². The predicted molar refractivity (Wildman–Crippen MR) is 101 cm³/mol. The fourth-order valence-corrected chi connectivity index (χ4v) is 3.31. The molecule has 8 heteroatoms. The molecule has 26 heavy (non-hydrogen) atoms. The molecule has 7 nitrogen and oxygen atoms in total. The number of rotatable bonds is 8. The van der Waals surface area contributed by atoms with Gasteiger partial charge in [0.05, 0.1) is 12.1 Å². The maximum absolute atomic E-state index is 12.2. The molecule has 136 valence electrons. The topological polar surface area (TPSA) is 81.8 Å². The Bertz CT molecular complexity index is 914. The largest absolute Gasteiger partial charge is 0.326 e. The molecule has 0 aliphatic heterocycles. The Morgan fingerprint density at radius 1 is 1.27 bits per heavy atom. The van der Waals surface area contributed by atoms with E-state index in [-0.39, 0.29) is 11.5 Å². The van der Waals surface area contributed by atoms with Crippen LogP contribution < -0.4 is 10.9 Å². The molecule has 0 aliphatic carbocycles. The number of hydrogen-bond donors (Lipinski definition) is 1. The van der Waals surface area contributed by atoms with Crippen molar-refractivity contribution < 1.29 is 4.79 Å². The van der Waals surface area contributed by atoms with E-state index >= 15 is 0 Å². The van der Waals surface area contributed by atoms with Gasteiger partial charge in [-0.2, -0.15) is 0 Å². The first-order valence-electron chi connectivity index (χ1n) is 8.49. The van der Waals surface area contributed by atoms with Crippen LogP contribution in [-0.2, 0) is 24.3 Å². The van der Waals surface area contributed by atoms with Crippen LogP contribution in [0.1, 0.15) is 23.4 Å². The number of anilines is 1. The number of hydrogen-bond acceptors (Lipinski definition) is 5. The number of amides is 1. The smallest absolute Gasteiger partial charge is 0.252 e. The summed E-state index contributed by atoms with van der Waals surface area (Å²) in [6, 6.07) is 7.06. The first kappa shape index (κ1) is 18.1. The van der Waals surface area contributed by atoms with Crippen LogP contribution in [0.3, 0.4) is 0 Å². The summed E-state index contributed by atoms with van der Waals surface area (Å²) in [6.07, 6.45) is 5.72. The maximum atomic E-state index is 12.2. The number of thiophene rings is 1. The van der Waals surface area contributed by atoms with Crippen LogP contribution in [0.4, 0.5) is 5.69 Å². The van der Waals surface area contributed by atoms with E-state index in [0.717, 1.165) is 30.0 Å². The van der Waals surface area contributed by atoms with Crippen molar-refractivity contribution in [2.45, 2.75) is 39.3 Å². The van der Waals surface area contributed by atoms with E-state index < -0.39 is 0 Å². The van der Waals surface area contributed by atoms with Gasteiger partial charge in [-0.25, -0.2) is 0 Å². The average Bonchev–Trinajstić information content (AvgIpc) is 3.25. The molecule has 0 fully saturated rings. The molecule has 0 saturated heterocycles. The summed E-state index contributed by atoms with van der Waals surface area (Å²) >= 11 is 1.54. The Hall–Kier alpha value is -2.74. The molecule has 0 atom stereocenters. The van der Waals surface area contributed by atoms with Crippen LogP contribution in [0.5, 0.6) is 0 Å². The second kappa shape index (κ2) is 8.57. The molecular formula is C18H21N5O2S. The van der Waals surface area contributed by atoms with Crippen molar-refractivity contribution in [2.24, 2.45) is 0 Å². The Morgan fingerprint density at radius 3 is 2.81 bits per heavy atom. The summed E-state index contributed by atoms with van der Waals surface area (Å²) < 4.78 is 3.46. The van der Waals surface area contributed by atoms with Gasteiger partial charge < -0.3 is 9.88 Å². The van der Waals surface area contributed by atoms with Crippen molar-refractivity contribution >= 4 is 22.9 Å². The minimum Gasteiger partial charge on any atom is -0.326 e. The van der Waals surface area contributed by atoms with Crippen LogP contribution in [0.15, 0.2) is 46.8 Å². The third-order valence-corrected chi connectivity index (χ3v) is 4.76. The third-order valence-electron chi connectivity index (χ3n) is 3.88. The molecule has 0 aromatic carbocycles. The van der Waals surface area contributed by atoms with Crippen molar-refractivity contribution in [1.82, 2.24) is 19.6 Å². The van der Waals surface area contributed by atoms with E-state index in [1.807, 2.05) is 35.3 Å². The van der Waals surface area contributed by atoms with E-state index in [1.165, 1.54) is 6.07 Å². The molecule has 1 N–H and O–H groups in total. The molecule has 0 saturated carbocycles. The number of unbranched alkanes of at least 4 members (excludes halogenated alkanes) is 1. The predicted octanol–water partition coefficient (Wildman–Crippen LogP) is 2.47. The van der Waals surface area contributed by atoms with Crippen LogP contribution >= 0.6 is 11.3 Å². The van der Waals surface area contributed by atoms with Crippen molar-refractivity contribution in [2.75, 3.05) is 5.32 Å². The highest BCUT2D eigenvalue weighted by Gasteiger charge is 2.06. The van der Waals surface area contributed by atoms with Gasteiger partial charge in [0.25, 0.3) is 5.56 Å². The molecule has 3 aromatic rings. The van der Waals surface area contributed by atoms with Gasteiger partial charge in [0.1, 0.15) is 0 Å². The number of carbonyl (C=O) groups excluding carboxylic acids is 1. The lowest BCUT2D eigenvalue weighted by molar-refractivity contribution is -0.115. The minimum absolute atomic E-state index is 0.115. The fourth-order valence-electron chi connectivity index (χ4n) is 2.61. The summed E-state index contributed by atoms with van der Waals surface area (Å²) in [6.45, 7) is 3.33. The van der Waals surface area contributed by atoms with Gasteiger partial charge in [-0.05, 0) is 37.3 Å². The summed E-state index contributed by atoms with van der Waals surface area (Å²) in [4.78, 5) is 25.2. The second-order valence-corrected chi connectivity index (χ2v) is 7.11. The van der Waals surface area contributed by atoms with Crippen molar-refractivity contribution in [3.05, 3.63) is 63.0 Å². The van der Waals surface area contributed by atoms with Gasteiger partial charge in [-0.1, -0.05) is 11.3 Å². The van der Waals surface area contributed by atoms with E-state index in [2.05, 4.69) is 15.6 Å². The molecule has 0 radical (unpaired) electrons. The minimum atomic E-state index is -0.118. The fraction of sp³-hybridized carbons (Fsp3) is 0.333. The second-order valence-electron chi connectivity index (χ2n) is 6.08. The molecule has 1 amide bonds. The van der Waals surface area contributed by atoms with E-state index in [9.17, 15) is 9.59 Å². The third kappa shape index (κ3) is 5.13.